The van der Waals surface area contributed by atoms with Gasteiger partial charge in [0.25, 0.3) is 0 Å². The molecule has 6 heteroatoms. The van der Waals surface area contributed by atoms with Gasteiger partial charge in [0, 0.05) is 13.0 Å². The average molecular weight is 297 g/mol. The summed E-state index contributed by atoms with van der Waals surface area (Å²) in [5.41, 5.74) is 0. The van der Waals surface area contributed by atoms with Crippen molar-refractivity contribution in [1.29, 1.82) is 0 Å². The second-order valence-electron chi connectivity index (χ2n) is 4.95. The number of sulfone groups is 1. The summed E-state index contributed by atoms with van der Waals surface area (Å²) in [6.45, 7) is 0.548. The Balaban J connectivity index is 1.97. The van der Waals surface area contributed by atoms with Gasteiger partial charge in [-0.25, -0.2) is 8.42 Å². The zero-order valence-corrected chi connectivity index (χ0v) is 12.1. The number of aliphatic hydroxyl groups is 1. The van der Waals surface area contributed by atoms with E-state index in [0.717, 1.165) is 12.8 Å². The number of likely N-dealkylation sites (tertiary alicyclic amines) is 1. The zero-order valence-electron chi connectivity index (χ0n) is 11.2. The van der Waals surface area contributed by atoms with Crippen molar-refractivity contribution >= 4 is 15.7 Å². The number of nitrogens with zero attached hydrogens (tertiary/aromatic N) is 1. The van der Waals surface area contributed by atoms with Crippen LogP contribution in [0.4, 0.5) is 0 Å². The van der Waals surface area contributed by atoms with Crippen molar-refractivity contribution < 1.29 is 18.3 Å². The Kier molecular flexibility index (Phi) is 4.77. The standard InChI is InChI=1S/C14H19NO4S/c16-11-12-5-4-9-15(12)14(17)8-10-20(18,19)13-6-2-1-3-7-13/h1-3,6-7,12,16H,4-5,8-11H2. The molecule has 2 rings (SSSR count). The van der Waals surface area contributed by atoms with E-state index >= 15 is 0 Å². The van der Waals surface area contributed by atoms with Crippen LogP contribution in [0.1, 0.15) is 19.3 Å². The SMILES string of the molecule is O=C(CCS(=O)(=O)c1ccccc1)N1CCCC1CO. The minimum absolute atomic E-state index is 0.0340. The van der Waals surface area contributed by atoms with Gasteiger partial charge in [0.15, 0.2) is 9.84 Å². The highest BCUT2D eigenvalue weighted by molar-refractivity contribution is 7.91. The summed E-state index contributed by atoms with van der Waals surface area (Å²) in [4.78, 5) is 13.9. The number of rotatable bonds is 5. The number of hydrogen-bond donors (Lipinski definition) is 1. The first-order valence-corrected chi connectivity index (χ1v) is 8.38. The maximum atomic E-state index is 12.1. The van der Waals surface area contributed by atoms with Crippen molar-refractivity contribution in [2.24, 2.45) is 0 Å². The normalized spacial score (nSPS) is 19.2. The second-order valence-corrected chi connectivity index (χ2v) is 7.06. The Hall–Kier alpha value is -1.40. The summed E-state index contributed by atoms with van der Waals surface area (Å²) in [7, 11) is -3.42. The summed E-state index contributed by atoms with van der Waals surface area (Å²) in [5.74, 6) is -0.383. The minimum Gasteiger partial charge on any atom is -0.394 e. The van der Waals surface area contributed by atoms with E-state index in [9.17, 15) is 18.3 Å². The molecule has 1 saturated heterocycles. The maximum Gasteiger partial charge on any atom is 0.223 e. The number of carbonyl (C=O) groups is 1. The first-order chi connectivity index (χ1) is 9.54. The van der Waals surface area contributed by atoms with Gasteiger partial charge in [-0.1, -0.05) is 18.2 Å². The molecule has 0 radical (unpaired) electrons. The molecule has 1 aliphatic rings. The van der Waals surface area contributed by atoms with Crippen LogP contribution in [0.3, 0.4) is 0 Å². The van der Waals surface area contributed by atoms with Crippen LogP contribution in [0.2, 0.25) is 0 Å². The van der Waals surface area contributed by atoms with Crippen molar-refractivity contribution in [2.45, 2.75) is 30.2 Å². The maximum absolute atomic E-state index is 12.1. The first-order valence-electron chi connectivity index (χ1n) is 6.73. The van der Waals surface area contributed by atoms with Crippen LogP contribution in [-0.4, -0.2) is 49.3 Å². The topological polar surface area (TPSA) is 74.7 Å². The smallest absolute Gasteiger partial charge is 0.223 e. The number of hydrogen-bond acceptors (Lipinski definition) is 4. The second kappa shape index (κ2) is 6.37. The van der Waals surface area contributed by atoms with E-state index in [1.807, 2.05) is 0 Å². The number of aliphatic hydroxyl groups excluding tert-OH is 1. The summed E-state index contributed by atoms with van der Waals surface area (Å²) < 4.78 is 24.2. The first kappa shape index (κ1) is 15.0. The molecular formula is C14H19NO4S. The van der Waals surface area contributed by atoms with Crippen LogP contribution in [0, 0.1) is 0 Å². The van der Waals surface area contributed by atoms with E-state index in [-0.39, 0.29) is 35.6 Å². The molecule has 1 amide bonds. The third-order valence-electron chi connectivity index (χ3n) is 3.60. The molecule has 1 unspecified atom stereocenters. The molecule has 0 spiro atoms. The quantitative estimate of drug-likeness (QED) is 0.873. The van der Waals surface area contributed by atoms with Gasteiger partial charge in [-0.05, 0) is 25.0 Å². The molecule has 1 heterocycles. The van der Waals surface area contributed by atoms with Crippen LogP contribution >= 0.6 is 0 Å². The molecule has 1 fully saturated rings. The summed E-state index contributed by atoms with van der Waals surface area (Å²) >= 11 is 0. The Labute approximate surface area is 119 Å². The molecule has 1 aliphatic heterocycles. The van der Waals surface area contributed by atoms with E-state index in [4.69, 9.17) is 0 Å². The summed E-state index contributed by atoms with van der Waals surface area (Å²) in [5, 5.41) is 9.18. The fourth-order valence-corrected chi connectivity index (χ4v) is 3.72. The highest BCUT2D eigenvalue weighted by atomic mass is 32.2. The van der Waals surface area contributed by atoms with Gasteiger partial charge < -0.3 is 10.0 Å². The lowest BCUT2D eigenvalue weighted by Crippen LogP contribution is -2.38. The van der Waals surface area contributed by atoms with Crippen LogP contribution in [0.25, 0.3) is 0 Å². The lowest BCUT2D eigenvalue weighted by molar-refractivity contribution is -0.132. The predicted octanol–water partition coefficient (Wildman–Crippen LogP) is 0.834. The fraction of sp³-hybridized carbons (Fsp3) is 0.500. The number of amides is 1. The van der Waals surface area contributed by atoms with Crippen LogP contribution in [0.15, 0.2) is 35.2 Å². The van der Waals surface area contributed by atoms with Crippen molar-refractivity contribution in [1.82, 2.24) is 4.90 Å². The molecular weight excluding hydrogens is 278 g/mol. The van der Waals surface area contributed by atoms with Gasteiger partial charge in [-0.15, -0.1) is 0 Å². The number of benzene rings is 1. The van der Waals surface area contributed by atoms with Gasteiger partial charge in [-0.3, -0.25) is 4.79 Å². The van der Waals surface area contributed by atoms with Gasteiger partial charge in [-0.2, -0.15) is 0 Å². The van der Waals surface area contributed by atoms with Gasteiger partial charge in [0.1, 0.15) is 0 Å². The third kappa shape index (κ3) is 3.37. The van der Waals surface area contributed by atoms with E-state index in [0.29, 0.717) is 6.54 Å². The van der Waals surface area contributed by atoms with E-state index < -0.39 is 9.84 Å². The van der Waals surface area contributed by atoms with Crippen molar-refractivity contribution in [3.8, 4) is 0 Å². The predicted molar refractivity (Wildman–Crippen MR) is 74.9 cm³/mol. The molecule has 0 bridgehead atoms. The van der Waals surface area contributed by atoms with Gasteiger partial charge >= 0.3 is 0 Å². The molecule has 110 valence electrons. The van der Waals surface area contributed by atoms with Crippen LogP contribution in [0.5, 0.6) is 0 Å². The lowest BCUT2D eigenvalue weighted by Gasteiger charge is -2.22. The Morgan fingerprint density at radius 3 is 2.65 bits per heavy atom. The fourth-order valence-electron chi connectivity index (χ4n) is 2.46. The van der Waals surface area contributed by atoms with Crippen LogP contribution in [-0.2, 0) is 14.6 Å². The molecule has 5 nitrogen and oxygen atoms in total. The monoisotopic (exact) mass is 297 g/mol. The number of carbonyl (C=O) groups excluding carboxylic acids is 1. The molecule has 0 aliphatic carbocycles. The van der Waals surface area contributed by atoms with E-state index in [1.165, 1.54) is 12.1 Å². The molecule has 0 saturated carbocycles. The molecule has 0 aromatic heterocycles. The van der Waals surface area contributed by atoms with E-state index in [1.54, 1.807) is 23.1 Å². The van der Waals surface area contributed by atoms with Gasteiger partial charge in [0.05, 0.1) is 23.3 Å². The Bertz CT molecular complexity index is 556. The van der Waals surface area contributed by atoms with Crippen LogP contribution < -0.4 is 0 Å². The lowest BCUT2D eigenvalue weighted by atomic mass is 10.2. The highest BCUT2D eigenvalue weighted by Gasteiger charge is 2.28. The molecule has 20 heavy (non-hydrogen) atoms. The van der Waals surface area contributed by atoms with Crippen molar-refractivity contribution in [2.75, 3.05) is 18.9 Å². The minimum atomic E-state index is -3.42. The molecule has 1 aromatic rings. The molecule has 1 N–H and O–H groups in total. The summed E-state index contributed by atoms with van der Waals surface area (Å²) in [6, 6.07) is 7.99. The van der Waals surface area contributed by atoms with Crippen molar-refractivity contribution in [3.63, 3.8) is 0 Å². The summed E-state index contributed by atoms with van der Waals surface area (Å²) in [6.07, 6.45) is 1.61. The molecule has 1 atom stereocenters. The average Bonchev–Trinajstić information content (AvgIpc) is 2.94. The Morgan fingerprint density at radius 2 is 2.00 bits per heavy atom. The third-order valence-corrected chi connectivity index (χ3v) is 5.33. The molecule has 1 aromatic carbocycles. The van der Waals surface area contributed by atoms with E-state index in [2.05, 4.69) is 0 Å². The van der Waals surface area contributed by atoms with Crippen molar-refractivity contribution in [3.05, 3.63) is 30.3 Å². The Morgan fingerprint density at radius 1 is 1.30 bits per heavy atom. The zero-order chi connectivity index (χ0) is 14.6. The highest BCUT2D eigenvalue weighted by Crippen LogP contribution is 2.19. The van der Waals surface area contributed by atoms with Gasteiger partial charge in [0.2, 0.25) is 5.91 Å². The largest absolute Gasteiger partial charge is 0.394 e.